The first-order valence-electron chi connectivity index (χ1n) is 4.99. The van der Waals surface area contributed by atoms with Crippen LogP contribution in [0.2, 0.25) is 0 Å². The lowest BCUT2D eigenvalue weighted by molar-refractivity contribution is 0.331. The number of hydrogen-bond acceptors (Lipinski definition) is 2. The molecule has 0 aliphatic rings. The summed E-state index contributed by atoms with van der Waals surface area (Å²) in [7, 11) is 0. The maximum absolute atomic E-state index is 5.99. The standard InChI is InChI=1S/C11H18BrNS/c1-7(2)9(8(3)13)6-11-10(12)4-5-14-11/h4-5,7-9H,6,13H2,1-3H3. The Morgan fingerprint density at radius 2 is 2.07 bits per heavy atom. The Balaban J connectivity index is 2.70. The van der Waals surface area contributed by atoms with Gasteiger partial charge < -0.3 is 5.73 Å². The van der Waals surface area contributed by atoms with Crippen molar-refractivity contribution in [2.75, 3.05) is 0 Å². The summed E-state index contributed by atoms with van der Waals surface area (Å²) in [5, 5.41) is 2.12. The van der Waals surface area contributed by atoms with Gasteiger partial charge in [-0.2, -0.15) is 0 Å². The van der Waals surface area contributed by atoms with E-state index in [1.807, 2.05) is 11.3 Å². The van der Waals surface area contributed by atoms with Crippen molar-refractivity contribution in [3.05, 3.63) is 20.8 Å². The molecule has 14 heavy (non-hydrogen) atoms. The number of hydrogen-bond donors (Lipinski definition) is 1. The molecule has 2 atom stereocenters. The summed E-state index contributed by atoms with van der Waals surface area (Å²) in [5.74, 6) is 1.22. The van der Waals surface area contributed by atoms with Gasteiger partial charge >= 0.3 is 0 Å². The Hall–Kier alpha value is 0.140. The van der Waals surface area contributed by atoms with Crippen molar-refractivity contribution in [3.63, 3.8) is 0 Å². The molecule has 0 bridgehead atoms. The molecule has 3 heteroatoms. The smallest absolute Gasteiger partial charge is 0.0314 e. The summed E-state index contributed by atoms with van der Waals surface area (Å²) in [5.41, 5.74) is 5.99. The Bertz CT molecular complexity index is 273. The first-order valence-corrected chi connectivity index (χ1v) is 6.67. The lowest BCUT2D eigenvalue weighted by Gasteiger charge is -2.24. The summed E-state index contributed by atoms with van der Waals surface area (Å²) in [4.78, 5) is 1.42. The molecule has 1 aromatic rings. The molecular weight excluding hydrogens is 258 g/mol. The van der Waals surface area contributed by atoms with Gasteiger partial charge in [0.05, 0.1) is 0 Å². The maximum Gasteiger partial charge on any atom is 0.0314 e. The summed E-state index contributed by atoms with van der Waals surface area (Å²) < 4.78 is 1.23. The van der Waals surface area contributed by atoms with E-state index in [1.165, 1.54) is 9.35 Å². The monoisotopic (exact) mass is 275 g/mol. The zero-order chi connectivity index (χ0) is 10.7. The molecule has 1 heterocycles. The van der Waals surface area contributed by atoms with Gasteiger partial charge in [0.15, 0.2) is 0 Å². The van der Waals surface area contributed by atoms with E-state index >= 15 is 0 Å². The van der Waals surface area contributed by atoms with Crippen molar-refractivity contribution < 1.29 is 0 Å². The minimum Gasteiger partial charge on any atom is -0.328 e. The van der Waals surface area contributed by atoms with E-state index in [9.17, 15) is 0 Å². The van der Waals surface area contributed by atoms with Crippen molar-refractivity contribution in [3.8, 4) is 0 Å². The lowest BCUT2D eigenvalue weighted by Crippen LogP contribution is -2.31. The van der Waals surface area contributed by atoms with E-state index in [-0.39, 0.29) is 6.04 Å². The molecule has 1 rings (SSSR count). The predicted molar refractivity (Wildman–Crippen MR) is 67.7 cm³/mol. The number of halogens is 1. The lowest BCUT2D eigenvalue weighted by atomic mass is 9.86. The van der Waals surface area contributed by atoms with E-state index in [0.29, 0.717) is 11.8 Å². The Morgan fingerprint density at radius 3 is 2.43 bits per heavy atom. The van der Waals surface area contributed by atoms with Gasteiger partial charge in [0.25, 0.3) is 0 Å². The second-order valence-electron chi connectivity index (χ2n) is 4.16. The van der Waals surface area contributed by atoms with Gasteiger partial charge in [-0.05, 0) is 52.6 Å². The average Bonchev–Trinajstić information content (AvgIpc) is 2.46. The molecule has 0 spiro atoms. The second-order valence-corrected chi connectivity index (χ2v) is 6.02. The molecule has 0 saturated carbocycles. The van der Waals surface area contributed by atoms with Gasteiger partial charge in [-0.25, -0.2) is 0 Å². The molecule has 2 unspecified atom stereocenters. The summed E-state index contributed by atoms with van der Waals surface area (Å²) in [6.45, 7) is 6.59. The molecule has 0 amide bonds. The van der Waals surface area contributed by atoms with Crippen LogP contribution < -0.4 is 5.73 Å². The third kappa shape index (κ3) is 3.07. The summed E-state index contributed by atoms with van der Waals surface area (Å²) >= 11 is 5.37. The fraction of sp³-hybridized carbons (Fsp3) is 0.636. The third-order valence-electron chi connectivity index (χ3n) is 2.64. The van der Waals surface area contributed by atoms with Crippen molar-refractivity contribution in [2.45, 2.75) is 33.2 Å². The third-order valence-corrected chi connectivity index (χ3v) is 4.59. The molecule has 0 fully saturated rings. The van der Waals surface area contributed by atoms with Gasteiger partial charge in [-0.1, -0.05) is 13.8 Å². The van der Waals surface area contributed by atoms with Crippen LogP contribution in [0.3, 0.4) is 0 Å². The molecule has 1 nitrogen and oxygen atoms in total. The molecule has 80 valence electrons. The zero-order valence-corrected chi connectivity index (χ0v) is 11.4. The highest BCUT2D eigenvalue weighted by Gasteiger charge is 2.19. The van der Waals surface area contributed by atoms with E-state index in [1.54, 1.807) is 0 Å². The number of nitrogens with two attached hydrogens (primary N) is 1. The fourth-order valence-corrected chi connectivity index (χ4v) is 3.30. The number of thiophene rings is 1. The molecule has 2 N–H and O–H groups in total. The Morgan fingerprint density at radius 1 is 1.43 bits per heavy atom. The molecule has 0 saturated heterocycles. The van der Waals surface area contributed by atoms with Crippen LogP contribution in [-0.4, -0.2) is 6.04 Å². The quantitative estimate of drug-likeness (QED) is 0.892. The van der Waals surface area contributed by atoms with Gasteiger partial charge in [-0.15, -0.1) is 11.3 Å². The molecule has 0 aromatic carbocycles. The van der Waals surface area contributed by atoms with Crippen LogP contribution in [-0.2, 0) is 6.42 Å². The zero-order valence-electron chi connectivity index (χ0n) is 8.96. The largest absolute Gasteiger partial charge is 0.328 e. The molecular formula is C11H18BrNS. The molecule has 0 aliphatic carbocycles. The van der Waals surface area contributed by atoms with Crippen LogP contribution in [0.1, 0.15) is 25.6 Å². The van der Waals surface area contributed by atoms with Gasteiger partial charge in [-0.3, -0.25) is 0 Å². The van der Waals surface area contributed by atoms with E-state index in [4.69, 9.17) is 5.73 Å². The van der Waals surface area contributed by atoms with Gasteiger partial charge in [0.2, 0.25) is 0 Å². The van der Waals surface area contributed by atoms with Crippen LogP contribution in [0.5, 0.6) is 0 Å². The van der Waals surface area contributed by atoms with E-state index < -0.39 is 0 Å². The fourth-order valence-electron chi connectivity index (χ4n) is 1.71. The number of rotatable bonds is 4. The average molecular weight is 276 g/mol. The second kappa shape index (κ2) is 5.29. The Labute approximate surface area is 98.8 Å². The van der Waals surface area contributed by atoms with Crippen molar-refractivity contribution in [1.82, 2.24) is 0 Å². The minimum atomic E-state index is 0.268. The molecule has 0 aliphatic heterocycles. The van der Waals surface area contributed by atoms with Gasteiger partial charge in [0.1, 0.15) is 0 Å². The van der Waals surface area contributed by atoms with Crippen LogP contribution >= 0.6 is 27.3 Å². The maximum atomic E-state index is 5.99. The van der Waals surface area contributed by atoms with Crippen molar-refractivity contribution in [1.29, 1.82) is 0 Å². The van der Waals surface area contributed by atoms with Crippen LogP contribution in [0.25, 0.3) is 0 Å². The predicted octanol–water partition coefficient (Wildman–Crippen LogP) is 3.67. The van der Waals surface area contributed by atoms with Crippen LogP contribution in [0, 0.1) is 11.8 Å². The van der Waals surface area contributed by atoms with Crippen LogP contribution in [0.15, 0.2) is 15.9 Å². The highest BCUT2D eigenvalue weighted by molar-refractivity contribution is 9.10. The Kier molecular flexibility index (Phi) is 4.61. The first kappa shape index (κ1) is 12.2. The van der Waals surface area contributed by atoms with E-state index in [0.717, 1.165) is 6.42 Å². The molecule has 0 radical (unpaired) electrons. The molecule has 1 aromatic heterocycles. The first-order chi connectivity index (χ1) is 6.52. The SMILES string of the molecule is CC(C)C(Cc1sccc1Br)C(C)N. The van der Waals surface area contributed by atoms with Crippen LogP contribution in [0.4, 0.5) is 0 Å². The highest BCUT2D eigenvalue weighted by Crippen LogP contribution is 2.28. The highest BCUT2D eigenvalue weighted by atomic mass is 79.9. The normalized spacial score (nSPS) is 15.9. The summed E-state index contributed by atoms with van der Waals surface area (Å²) in [6.07, 6.45) is 1.09. The van der Waals surface area contributed by atoms with Crippen molar-refractivity contribution in [2.24, 2.45) is 17.6 Å². The minimum absolute atomic E-state index is 0.268. The van der Waals surface area contributed by atoms with Crippen molar-refractivity contribution >= 4 is 27.3 Å². The topological polar surface area (TPSA) is 26.0 Å². The summed E-state index contributed by atoms with van der Waals surface area (Å²) in [6, 6.07) is 2.38. The van der Waals surface area contributed by atoms with Gasteiger partial charge in [0, 0.05) is 15.4 Å². The van der Waals surface area contributed by atoms with E-state index in [2.05, 4.69) is 48.1 Å².